The number of carbonyl (C=O) groups excluding carboxylic acids is 1. The van der Waals surface area contributed by atoms with Crippen molar-refractivity contribution in [1.29, 1.82) is 0 Å². The second kappa shape index (κ2) is 5.34. The van der Waals surface area contributed by atoms with Gasteiger partial charge in [0.2, 0.25) is 5.78 Å². The number of rotatable bonds is 2. The van der Waals surface area contributed by atoms with Crippen molar-refractivity contribution < 1.29 is 4.79 Å². The molecule has 0 bridgehead atoms. The van der Waals surface area contributed by atoms with E-state index in [4.69, 9.17) is 0 Å². The first kappa shape index (κ1) is 13.5. The minimum Gasteiger partial charge on any atom is -0.288 e. The minimum atomic E-state index is 0.0389. The smallest absolute Gasteiger partial charge is 0.204 e. The minimum absolute atomic E-state index is 0.0389. The molecule has 0 unspecified atom stereocenters. The predicted octanol–water partition coefficient (Wildman–Crippen LogP) is 5.58. The SMILES string of the molecule is Cc1cccc(C(=O)c2cc(Br)c(Br)s2)c1Br. The summed E-state index contributed by atoms with van der Waals surface area (Å²) >= 11 is 11.7. The lowest BCUT2D eigenvalue weighted by Crippen LogP contribution is -2.00. The van der Waals surface area contributed by atoms with Crippen LogP contribution in [0, 0.1) is 6.92 Å². The monoisotopic (exact) mass is 436 g/mol. The van der Waals surface area contributed by atoms with Gasteiger partial charge in [-0.3, -0.25) is 4.79 Å². The molecule has 1 aromatic heterocycles. The number of ketones is 1. The molecule has 1 aromatic carbocycles. The molecule has 2 rings (SSSR count). The zero-order valence-corrected chi connectivity index (χ0v) is 14.3. The molecule has 0 fully saturated rings. The van der Waals surface area contributed by atoms with Crippen LogP contribution >= 0.6 is 59.1 Å². The van der Waals surface area contributed by atoms with Gasteiger partial charge in [-0.2, -0.15) is 0 Å². The summed E-state index contributed by atoms with van der Waals surface area (Å²) in [6, 6.07) is 7.54. The Balaban J connectivity index is 2.47. The molecular weight excluding hydrogens is 432 g/mol. The first-order valence-corrected chi connectivity index (χ1v) is 7.95. The van der Waals surface area contributed by atoms with Gasteiger partial charge in [0.15, 0.2) is 0 Å². The fourth-order valence-corrected chi connectivity index (χ4v) is 3.85. The quantitative estimate of drug-likeness (QED) is 0.560. The van der Waals surface area contributed by atoms with Gasteiger partial charge in [-0.1, -0.05) is 12.1 Å². The number of hydrogen-bond donors (Lipinski definition) is 0. The summed E-state index contributed by atoms with van der Waals surface area (Å²) in [5.41, 5.74) is 1.76. The molecule has 0 saturated heterocycles. The van der Waals surface area contributed by atoms with E-state index in [1.165, 1.54) is 11.3 Å². The summed E-state index contributed by atoms with van der Waals surface area (Å²) in [5.74, 6) is 0.0389. The highest BCUT2D eigenvalue weighted by atomic mass is 79.9. The van der Waals surface area contributed by atoms with Crippen molar-refractivity contribution in [3.05, 3.63) is 53.0 Å². The van der Waals surface area contributed by atoms with Gasteiger partial charge < -0.3 is 0 Å². The molecule has 0 aliphatic rings. The topological polar surface area (TPSA) is 17.1 Å². The van der Waals surface area contributed by atoms with Crippen molar-refractivity contribution in [1.82, 2.24) is 0 Å². The van der Waals surface area contributed by atoms with E-state index < -0.39 is 0 Å². The Labute approximate surface area is 129 Å². The summed E-state index contributed by atoms with van der Waals surface area (Å²) in [6.07, 6.45) is 0. The maximum absolute atomic E-state index is 12.3. The van der Waals surface area contributed by atoms with Crippen LogP contribution in [0.1, 0.15) is 20.8 Å². The van der Waals surface area contributed by atoms with Gasteiger partial charge in [0.05, 0.1) is 8.66 Å². The summed E-state index contributed by atoms with van der Waals surface area (Å²) in [4.78, 5) is 13.0. The van der Waals surface area contributed by atoms with E-state index in [0.29, 0.717) is 5.56 Å². The Morgan fingerprint density at radius 3 is 2.53 bits per heavy atom. The number of hydrogen-bond acceptors (Lipinski definition) is 2. The van der Waals surface area contributed by atoms with Gasteiger partial charge in [0.25, 0.3) is 0 Å². The second-order valence-electron chi connectivity index (χ2n) is 3.50. The van der Waals surface area contributed by atoms with Crippen LogP contribution in [-0.4, -0.2) is 5.78 Å². The Hall–Kier alpha value is 0.0300. The van der Waals surface area contributed by atoms with E-state index in [0.717, 1.165) is 23.2 Å². The molecule has 17 heavy (non-hydrogen) atoms. The molecule has 1 nitrogen and oxygen atoms in total. The molecule has 1 heterocycles. The fraction of sp³-hybridized carbons (Fsp3) is 0.0833. The Morgan fingerprint density at radius 2 is 1.94 bits per heavy atom. The highest BCUT2D eigenvalue weighted by molar-refractivity contribution is 9.13. The van der Waals surface area contributed by atoms with E-state index in [1.807, 2.05) is 31.2 Å². The number of halogens is 3. The van der Waals surface area contributed by atoms with E-state index in [-0.39, 0.29) is 5.78 Å². The van der Waals surface area contributed by atoms with Crippen LogP contribution < -0.4 is 0 Å². The zero-order valence-electron chi connectivity index (χ0n) is 8.76. The predicted molar refractivity (Wildman–Crippen MR) is 82.0 cm³/mol. The van der Waals surface area contributed by atoms with Gasteiger partial charge in [-0.25, -0.2) is 0 Å². The Bertz CT molecular complexity index is 570. The Morgan fingerprint density at radius 1 is 1.24 bits per heavy atom. The normalized spacial score (nSPS) is 10.6. The van der Waals surface area contributed by atoms with Crippen LogP contribution in [0.3, 0.4) is 0 Å². The molecule has 0 aliphatic carbocycles. The maximum atomic E-state index is 12.3. The number of aryl methyl sites for hydroxylation is 1. The summed E-state index contributed by atoms with van der Waals surface area (Å²) in [5, 5.41) is 0. The third kappa shape index (κ3) is 2.72. The third-order valence-corrected chi connectivity index (χ3v) is 6.61. The molecule has 0 atom stereocenters. The molecule has 2 aromatic rings. The third-order valence-electron chi connectivity index (χ3n) is 2.31. The van der Waals surface area contributed by atoms with Gasteiger partial charge >= 0.3 is 0 Å². The molecule has 0 amide bonds. The highest BCUT2D eigenvalue weighted by Crippen LogP contribution is 2.34. The number of benzene rings is 1. The summed E-state index contributed by atoms with van der Waals surface area (Å²) in [7, 11) is 0. The van der Waals surface area contributed by atoms with Crippen molar-refractivity contribution in [2.24, 2.45) is 0 Å². The molecule has 0 radical (unpaired) electrons. The van der Waals surface area contributed by atoms with Gasteiger partial charge in [-0.15, -0.1) is 11.3 Å². The maximum Gasteiger partial charge on any atom is 0.204 e. The van der Waals surface area contributed by atoms with Crippen LogP contribution in [0.4, 0.5) is 0 Å². The lowest BCUT2D eigenvalue weighted by Gasteiger charge is -2.04. The van der Waals surface area contributed by atoms with E-state index in [9.17, 15) is 4.79 Å². The van der Waals surface area contributed by atoms with Crippen LogP contribution in [0.15, 0.2) is 37.0 Å². The fourth-order valence-electron chi connectivity index (χ4n) is 1.41. The van der Waals surface area contributed by atoms with Crippen LogP contribution in [0.5, 0.6) is 0 Å². The van der Waals surface area contributed by atoms with Crippen molar-refractivity contribution >= 4 is 64.9 Å². The van der Waals surface area contributed by atoms with Gasteiger partial charge in [-0.05, 0) is 72.4 Å². The average molecular weight is 439 g/mol. The van der Waals surface area contributed by atoms with Crippen molar-refractivity contribution in [3.63, 3.8) is 0 Å². The standard InChI is InChI=1S/C12H7Br3OS/c1-6-3-2-4-7(10(6)14)11(16)9-5-8(13)12(15)17-9/h2-5H,1H3. The highest BCUT2D eigenvalue weighted by Gasteiger charge is 2.17. The van der Waals surface area contributed by atoms with E-state index in [2.05, 4.69) is 47.8 Å². The lowest BCUT2D eigenvalue weighted by atomic mass is 10.1. The molecule has 0 N–H and O–H groups in total. The molecule has 5 heteroatoms. The van der Waals surface area contributed by atoms with Gasteiger partial charge in [0, 0.05) is 14.5 Å². The average Bonchev–Trinajstić information content (AvgIpc) is 2.62. The van der Waals surface area contributed by atoms with Crippen molar-refractivity contribution in [2.45, 2.75) is 6.92 Å². The number of thiophene rings is 1. The molecule has 88 valence electrons. The summed E-state index contributed by atoms with van der Waals surface area (Å²) in [6.45, 7) is 1.97. The van der Waals surface area contributed by atoms with Crippen LogP contribution in [0.25, 0.3) is 0 Å². The van der Waals surface area contributed by atoms with Gasteiger partial charge in [0.1, 0.15) is 0 Å². The number of carbonyl (C=O) groups is 1. The van der Waals surface area contributed by atoms with E-state index >= 15 is 0 Å². The largest absolute Gasteiger partial charge is 0.288 e. The van der Waals surface area contributed by atoms with Crippen LogP contribution in [-0.2, 0) is 0 Å². The molecule has 0 aliphatic heterocycles. The first-order valence-electron chi connectivity index (χ1n) is 4.75. The van der Waals surface area contributed by atoms with Crippen molar-refractivity contribution in [2.75, 3.05) is 0 Å². The zero-order chi connectivity index (χ0) is 12.6. The lowest BCUT2D eigenvalue weighted by molar-refractivity contribution is 0.104. The first-order chi connectivity index (χ1) is 8.00. The van der Waals surface area contributed by atoms with Crippen molar-refractivity contribution in [3.8, 4) is 0 Å². The molecular formula is C12H7Br3OS. The summed E-state index contributed by atoms with van der Waals surface area (Å²) < 4.78 is 2.71. The molecule has 0 spiro atoms. The van der Waals surface area contributed by atoms with E-state index in [1.54, 1.807) is 0 Å². The van der Waals surface area contributed by atoms with Crippen LogP contribution in [0.2, 0.25) is 0 Å². The Kier molecular flexibility index (Phi) is 4.23. The molecule has 0 saturated carbocycles. The second-order valence-corrected chi connectivity index (χ2v) is 7.52.